The second-order valence-corrected chi connectivity index (χ2v) is 5.09. The predicted molar refractivity (Wildman–Crippen MR) is 73.2 cm³/mol. The monoisotopic (exact) mass is 284 g/mol. The number of hydrogen-bond acceptors (Lipinski definition) is 4. The van der Waals surface area contributed by atoms with Crippen molar-refractivity contribution in [1.82, 2.24) is 4.90 Å². The molecule has 0 aromatic heterocycles. The Morgan fingerprint density at radius 3 is 3.00 bits per heavy atom. The lowest BCUT2D eigenvalue weighted by molar-refractivity contribution is -0.0667. The van der Waals surface area contributed by atoms with E-state index in [0.717, 1.165) is 0 Å². The molecule has 0 bridgehead atoms. The van der Waals surface area contributed by atoms with E-state index in [1.54, 1.807) is 23.1 Å². The van der Waals surface area contributed by atoms with Crippen LogP contribution in [0.4, 0.5) is 5.69 Å². The third-order valence-electron chi connectivity index (χ3n) is 3.21. The molecule has 5 nitrogen and oxygen atoms in total. The van der Waals surface area contributed by atoms with Crippen LogP contribution in [0.15, 0.2) is 18.2 Å². The van der Waals surface area contributed by atoms with Gasteiger partial charge in [-0.3, -0.25) is 4.79 Å². The van der Waals surface area contributed by atoms with Crippen molar-refractivity contribution in [2.24, 2.45) is 0 Å². The minimum atomic E-state index is -0.329. The highest BCUT2D eigenvalue weighted by Gasteiger charge is 2.30. The molecule has 1 saturated heterocycles. The van der Waals surface area contributed by atoms with E-state index in [-0.39, 0.29) is 24.7 Å². The number of amides is 1. The van der Waals surface area contributed by atoms with Gasteiger partial charge in [0.05, 0.1) is 36.1 Å². The van der Waals surface area contributed by atoms with E-state index >= 15 is 0 Å². The number of nitrogen functional groups attached to an aromatic ring is 1. The Morgan fingerprint density at radius 1 is 1.63 bits per heavy atom. The van der Waals surface area contributed by atoms with E-state index in [1.807, 2.05) is 6.92 Å². The lowest BCUT2D eigenvalue weighted by Gasteiger charge is -2.37. The Bertz CT molecular complexity index is 481. The van der Waals surface area contributed by atoms with Gasteiger partial charge in [-0.1, -0.05) is 11.6 Å². The second-order valence-electron chi connectivity index (χ2n) is 4.68. The third-order valence-corrected chi connectivity index (χ3v) is 3.56. The normalized spacial score (nSPS) is 23.4. The van der Waals surface area contributed by atoms with Gasteiger partial charge in [0.2, 0.25) is 0 Å². The molecule has 1 aliphatic rings. The fourth-order valence-corrected chi connectivity index (χ4v) is 2.17. The molecule has 2 rings (SSSR count). The summed E-state index contributed by atoms with van der Waals surface area (Å²) in [6.45, 7) is 2.60. The number of benzene rings is 1. The van der Waals surface area contributed by atoms with Crippen molar-refractivity contribution in [3.63, 3.8) is 0 Å². The molecule has 6 heteroatoms. The van der Waals surface area contributed by atoms with Gasteiger partial charge in [-0.05, 0) is 25.1 Å². The molecule has 1 aliphatic heterocycles. The molecular weight excluding hydrogens is 268 g/mol. The molecule has 2 atom stereocenters. The number of ether oxygens (including phenoxy) is 1. The zero-order chi connectivity index (χ0) is 14.0. The maximum atomic E-state index is 12.4. The quantitative estimate of drug-likeness (QED) is 0.799. The van der Waals surface area contributed by atoms with Crippen molar-refractivity contribution in [3.05, 3.63) is 28.8 Å². The number of aliphatic hydroxyl groups is 1. The number of halogens is 1. The zero-order valence-corrected chi connectivity index (χ0v) is 11.4. The Labute approximate surface area is 116 Å². The number of nitrogens with zero attached hydrogens (tertiary/aromatic N) is 1. The van der Waals surface area contributed by atoms with Crippen molar-refractivity contribution in [1.29, 1.82) is 0 Å². The van der Waals surface area contributed by atoms with Crippen LogP contribution in [0.5, 0.6) is 0 Å². The Morgan fingerprint density at radius 2 is 2.37 bits per heavy atom. The molecular formula is C13H17ClN2O3. The maximum Gasteiger partial charge on any atom is 0.254 e. The summed E-state index contributed by atoms with van der Waals surface area (Å²) in [4.78, 5) is 14.1. The molecule has 0 saturated carbocycles. The lowest BCUT2D eigenvalue weighted by Crippen LogP contribution is -2.52. The molecule has 1 aromatic rings. The molecule has 3 N–H and O–H groups in total. The molecule has 1 amide bonds. The van der Waals surface area contributed by atoms with Gasteiger partial charge in [0.15, 0.2) is 0 Å². The van der Waals surface area contributed by atoms with E-state index < -0.39 is 0 Å². The summed E-state index contributed by atoms with van der Waals surface area (Å²) >= 11 is 5.84. The van der Waals surface area contributed by atoms with Crippen molar-refractivity contribution < 1.29 is 14.6 Å². The summed E-state index contributed by atoms with van der Waals surface area (Å²) in [5.74, 6) is -0.127. The Kier molecular flexibility index (Phi) is 4.29. The second kappa shape index (κ2) is 5.77. The minimum absolute atomic E-state index is 0.0350. The minimum Gasteiger partial charge on any atom is -0.398 e. The van der Waals surface area contributed by atoms with Gasteiger partial charge in [0.1, 0.15) is 0 Å². The molecule has 0 radical (unpaired) electrons. The highest BCUT2D eigenvalue weighted by molar-refractivity contribution is 6.33. The average Bonchev–Trinajstić information content (AvgIpc) is 2.41. The molecule has 1 fully saturated rings. The van der Waals surface area contributed by atoms with Crippen LogP contribution in [0, 0.1) is 0 Å². The molecule has 0 spiro atoms. The van der Waals surface area contributed by atoms with E-state index in [4.69, 9.17) is 27.2 Å². The van der Waals surface area contributed by atoms with Gasteiger partial charge in [0.25, 0.3) is 5.91 Å². The number of rotatable bonds is 2. The zero-order valence-electron chi connectivity index (χ0n) is 10.7. The van der Waals surface area contributed by atoms with Crippen molar-refractivity contribution in [2.75, 3.05) is 25.5 Å². The van der Waals surface area contributed by atoms with Crippen LogP contribution >= 0.6 is 11.6 Å². The summed E-state index contributed by atoms with van der Waals surface area (Å²) in [5, 5.41) is 9.56. The molecule has 2 unspecified atom stereocenters. The van der Waals surface area contributed by atoms with Crippen LogP contribution in [0.2, 0.25) is 5.02 Å². The van der Waals surface area contributed by atoms with E-state index in [1.165, 1.54) is 0 Å². The average molecular weight is 285 g/mol. The number of nitrogens with two attached hydrogens (primary N) is 1. The molecule has 1 aromatic carbocycles. The summed E-state index contributed by atoms with van der Waals surface area (Å²) in [6.07, 6.45) is -0.329. The van der Waals surface area contributed by atoms with Gasteiger partial charge < -0.3 is 20.5 Å². The van der Waals surface area contributed by atoms with Crippen LogP contribution in [-0.2, 0) is 4.74 Å². The summed E-state index contributed by atoms with van der Waals surface area (Å²) in [6, 6.07) is 4.80. The van der Waals surface area contributed by atoms with E-state index in [9.17, 15) is 4.79 Å². The first-order valence-electron chi connectivity index (χ1n) is 6.11. The molecule has 19 heavy (non-hydrogen) atoms. The van der Waals surface area contributed by atoms with Crippen LogP contribution in [0.1, 0.15) is 17.3 Å². The standard InChI is InChI=1S/C13H17ClN2O3/c1-8-7-19-10(6-17)5-16(8)13(18)9-2-3-11(14)12(15)4-9/h2-4,8,10,17H,5-7,15H2,1H3. The first-order chi connectivity index (χ1) is 9.02. The van der Waals surface area contributed by atoms with Crippen LogP contribution in [0.3, 0.4) is 0 Å². The van der Waals surface area contributed by atoms with Gasteiger partial charge in [-0.25, -0.2) is 0 Å². The van der Waals surface area contributed by atoms with Crippen LogP contribution in [-0.4, -0.2) is 47.8 Å². The van der Waals surface area contributed by atoms with Crippen molar-refractivity contribution >= 4 is 23.2 Å². The molecule has 0 aliphatic carbocycles. The Balaban J connectivity index is 2.19. The highest BCUT2D eigenvalue weighted by atomic mass is 35.5. The first kappa shape index (κ1) is 14.1. The summed E-state index contributed by atoms with van der Waals surface area (Å²) in [7, 11) is 0. The number of carbonyl (C=O) groups is 1. The SMILES string of the molecule is CC1COC(CO)CN1C(=O)c1ccc(Cl)c(N)c1. The molecule has 1 heterocycles. The summed E-state index contributed by atoms with van der Waals surface area (Å²) in [5.41, 5.74) is 6.58. The smallest absolute Gasteiger partial charge is 0.254 e. The topological polar surface area (TPSA) is 75.8 Å². The number of morpholine rings is 1. The fourth-order valence-electron chi connectivity index (χ4n) is 2.05. The number of carbonyl (C=O) groups excluding carboxylic acids is 1. The highest BCUT2D eigenvalue weighted by Crippen LogP contribution is 2.22. The van der Waals surface area contributed by atoms with Crippen molar-refractivity contribution in [3.8, 4) is 0 Å². The Hall–Kier alpha value is -1.30. The van der Waals surface area contributed by atoms with Crippen LogP contribution < -0.4 is 5.73 Å². The lowest BCUT2D eigenvalue weighted by atomic mass is 10.1. The molecule has 104 valence electrons. The number of hydrogen-bond donors (Lipinski definition) is 2. The van der Waals surface area contributed by atoms with Crippen LogP contribution in [0.25, 0.3) is 0 Å². The first-order valence-corrected chi connectivity index (χ1v) is 6.49. The number of aliphatic hydroxyl groups excluding tert-OH is 1. The fraction of sp³-hybridized carbons (Fsp3) is 0.462. The van der Waals surface area contributed by atoms with E-state index in [0.29, 0.717) is 29.4 Å². The predicted octanol–water partition coefficient (Wildman–Crippen LogP) is 1.14. The number of anilines is 1. The summed E-state index contributed by atoms with van der Waals surface area (Å²) < 4.78 is 5.41. The third kappa shape index (κ3) is 3.00. The van der Waals surface area contributed by atoms with Gasteiger partial charge in [-0.15, -0.1) is 0 Å². The van der Waals surface area contributed by atoms with Gasteiger partial charge >= 0.3 is 0 Å². The van der Waals surface area contributed by atoms with Gasteiger partial charge in [0, 0.05) is 12.1 Å². The van der Waals surface area contributed by atoms with Gasteiger partial charge in [-0.2, -0.15) is 0 Å². The van der Waals surface area contributed by atoms with Crippen molar-refractivity contribution in [2.45, 2.75) is 19.1 Å². The largest absolute Gasteiger partial charge is 0.398 e. The van der Waals surface area contributed by atoms with E-state index in [2.05, 4.69) is 0 Å². The maximum absolute atomic E-state index is 12.4.